The van der Waals surface area contributed by atoms with Gasteiger partial charge in [0.15, 0.2) is 23.3 Å². The van der Waals surface area contributed by atoms with Crippen LogP contribution in [0, 0.1) is 23.3 Å². The van der Waals surface area contributed by atoms with Crippen LogP contribution in [0.3, 0.4) is 0 Å². The molecule has 0 saturated carbocycles. The van der Waals surface area contributed by atoms with E-state index in [2.05, 4.69) is 0 Å². The van der Waals surface area contributed by atoms with Crippen LogP contribution in [0.25, 0.3) is 0 Å². The molecule has 7 rings (SSSR count). The lowest BCUT2D eigenvalue weighted by Crippen LogP contribution is -2.23. The molecule has 0 aromatic heterocycles. The summed E-state index contributed by atoms with van der Waals surface area (Å²) in [5.41, 5.74) is -2.89. The van der Waals surface area contributed by atoms with E-state index in [1.807, 2.05) is 0 Å². The van der Waals surface area contributed by atoms with Crippen LogP contribution in [0.2, 0.25) is 0 Å². The van der Waals surface area contributed by atoms with Gasteiger partial charge in [0.2, 0.25) is 0 Å². The summed E-state index contributed by atoms with van der Waals surface area (Å²) < 4.78 is 75.6. The molecule has 0 fully saturated rings. The molecular formula is C44H30F4O4S2. The Morgan fingerprint density at radius 2 is 0.500 bits per heavy atom. The van der Waals surface area contributed by atoms with Crippen molar-refractivity contribution in [1.29, 1.82) is 0 Å². The first-order valence-electron chi connectivity index (χ1n) is 16.6. The third-order valence-corrected chi connectivity index (χ3v) is 14.9. The first kappa shape index (κ1) is 36.3. The second-order valence-electron chi connectivity index (χ2n) is 11.7. The SMILES string of the molecule is O=C(OS(c1ccccc1)(c1ccccc1)c1ccccc1)c1c(F)c(F)c(F)c(F)c1C(=O)OS(c1ccccc1)(c1ccccc1)c1ccccc1. The highest BCUT2D eigenvalue weighted by atomic mass is 32.3. The van der Waals surface area contributed by atoms with Gasteiger partial charge in [-0.25, -0.2) is 27.2 Å². The Bertz CT molecular complexity index is 2040. The number of benzene rings is 7. The Kier molecular flexibility index (Phi) is 10.4. The van der Waals surface area contributed by atoms with E-state index in [0.717, 1.165) is 0 Å². The standard InChI is InChI=1S/C44H30F4O4S2/c45-39-37(43(49)51-53(31-19-7-1-8-20-31,32-21-9-2-10-22-32)33-23-11-3-12-24-33)38(40(46)42(48)41(39)47)44(50)52-54(34-25-13-4-14-26-34,35-27-15-5-16-28-35)36-29-17-6-18-30-36/h1-30H. The molecule has 0 unspecified atom stereocenters. The fourth-order valence-electron chi connectivity index (χ4n) is 6.10. The number of rotatable bonds is 10. The van der Waals surface area contributed by atoms with E-state index in [1.165, 1.54) is 0 Å². The Labute approximate surface area is 312 Å². The van der Waals surface area contributed by atoms with Gasteiger partial charge in [-0.3, -0.25) is 0 Å². The first-order chi connectivity index (χ1) is 26.3. The fourth-order valence-corrected chi connectivity index (χ4v) is 12.2. The molecule has 0 aliphatic carbocycles. The molecule has 4 nitrogen and oxygen atoms in total. The van der Waals surface area contributed by atoms with Gasteiger partial charge in [0.05, 0.1) is 0 Å². The summed E-state index contributed by atoms with van der Waals surface area (Å²) in [4.78, 5) is 32.1. The first-order valence-corrected chi connectivity index (χ1v) is 19.7. The van der Waals surface area contributed by atoms with Crippen molar-refractivity contribution in [3.63, 3.8) is 0 Å². The summed E-state index contributed by atoms with van der Waals surface area (Å²) >= 11 is 0. The summed E-state index contributed by atoms with van der Waals surface area (Å²) in [5, 5.41) is 0. The molecule has 0 spiro atoms. The Morgan fingerprint density at radius 3 is 0.685 bits per heavy atom. The van der Waals surface area contributed by atoms with Crippen LogP contribution in [0.15, 0.2) is 211 Å². The maximum absolute atomic E-state index is 16.2. The molecule has 54 heavy (non-hydrogen) atoms. The number of hydrogen-bond acceptors (Lipinski definition) is 4. The molecule has 0 aliphatic rings. The van der Waals surface area contributed by atoms with Gasteiger partial charge in [0.25, 0.3) is 0 Å². The van der Waals surface area contributed by atoms with E-state index >= 15 is 17.6 Å². The van der Waals surface area contributed by atoms with E-state index in [1.54, 1.807) is 182 Å². The minimum Gasteiger partial charge on any atom is -0.398 e. The molecule has 0 N–H and O–H groups in total. The van der Waals surface area contributed by atoms with Crippen LogP contribution in [-0.2, 0) is 8.37 Å². The predicted molar refractivity (Wildman–Crippen MR) is 201 cm³/mol. The molecule has 7 aromatic rings. The molecule has 0 atom stereocenters. The van der Waals surface area contributed by atoms with Crippen molar-refractivity contribution < 1.29 is 35.5 Å². The van der Waals surface area contributed by atoms with Gasteiger partial charge in [-0.15, -0.1) is 0 Å². The molecule has 7 aromatic carbocycles. The van der Waals surface area contributed by atoms with Crippen LogP contribution in [0.4, 0.5) is 17.6 Å². The summed E-state index contributed by atoms with van der Waals surface area (Å²) in [7, 11) is -6.28. The Hall–Kier alpha value is -6.10. The van der Waals surface area contributed by atoms with Gasteiger partial charge in [0, 0.05) is 29.4 Å². The highest BCUT2D eigenvalue weighted by Crippen LogP contribution is 2.70. The molecule has 0 radical (unpaired) electrons. The number of carbonyl (C=O) groups is 2. The minimum absolute atomic E-state index is 0.476. The molecular weight excluding hydrogens is 733 g/mol. The molecule has 0 saturated heterocycles. The third-order valence-electron chi connectivity index (χ3n) is 8.53. The Balaban J connectivity index is 1.45. The van der Waals surface area contributed by atoms with Crippen molar-refractivity contribution in [3.8, 4) is 0 Å². The van der Waals surface area contributed by atoms with Crippen LogP contribution in [-0.4, -0.2) is 11.9 Å². The smallest absolute Gasteiger partial charge is 0.353 e. The maximum atomic E-state index is 16.2. The fraction of sp³-hybridized carbons (Fsp3) is 0. The van der Waals surface area contributed by atoms with Crippen molar-refractivity contribution in [2.24, 2.45) is 0 Å². The lowest BCUT2D eigenvalue weighted by atomic mass is 10.1. The van der Waals surface area contributed by atoms with Crippen LogP contribution in [0.5, 0.6) is 0 Å². The molecule has 0 heterocycles. The molecule has 0 amide bonds. The second kappa shape index (κ2) is 15.5. The van der Waals surface area contributed by atoms with Gasteiger partial charge < -0.3 is 8.37 Å². The molecule has 0 bridgehead atoms. The normalized spacial score (nSPS) is 12.1. The summed E-state index contributed by atoms with van der Waals surface area (Å²) in [5.74, 6) is -12.0. The molecule has 270 valence electrons. The molecule has 10 heteroatoms. The zero-order chi connectivity index (χ0) is 37.7. The summed E-state index contributed by atoms with van der Waals surface area (Å²) in [6, 6.07) is 51.6. The van der Waals surface area contributed by atoms with Gasteiger partial charge in [-0.05, 0) is 93.4 Å². The van der Waals surface area contributed by atoms with Crippen molar-refractivity contribution >= 4 is 32.6 Å². The van der Waals surface area contributed by atoms with E-state index in [4.69, 9.17) is 8.37 Å². The summed E-state index contributed by atoms with van der Waals surface area (Å²) in [6.45, 7) is 0. The average molecular weight is 763 g/mol. The van der Waals surface area contributed by atoms with Gasteiger partial charge in [0.1, 0.15) is 11.1 Å². The lowest BCUT2D eigenvalue weighted by molar-refractivity contribution is 0.0702. The minimum atomic E-state index is -3.14. The summed E-state index contributed by atoms with van der Waals surface area (Å²) in [6.07, 6.45) is 0. The quantitative estimate of drug-likeness (QED) is 0.0791. The number of carbonyl (C=O) groups excluding carboxylic acids is 2. The van der Waals surface area contributed by atoms with E-state index in [-0.39, 0.29) is 0 Å². The second-order valence-corrected chi connectivity index (χ2v) is 17.1. The monoisotopic (exact) mass is 762 g/mol. The third kappa shape index (κ3) is 6.44. The highest BCUT2D eigenvalue weighted by Gasteiger charge is 2.43. The van der Waals surface area contributed by atoms with Gasteiger partial charge >= 0.3 is 11.9 Å². The van der Waals surface area contributed by atoms with Crippen molar-refractivity contribution in [3.05, 3.63) is 216 Å². The van der Waals surface area contributed by atoms with Gasteiger partial charge in [-0.1, -0.05) is 109 Å². The van der Waals surface area contributed by atoms with Crippen molar-refractivity contribution in [2.75, 3.05) is 0 Å². The van der Waals surface area contributed by atoms with E-state index < -0.39 is 67.0 Å². The highest BCUT2D eigenvalue weighted by molar-refractivity contribution is 8.30. The van der Waals surface area contributed by atoms with Crippen LogP contribution >= 0.6 is 20.6 Å². The Morgan fingerprint density at radius 1 is 0.315 bits per heavy atom. The maximum Gasteiger partial charge on any atom is 0.353 e. The van der Waals surface area contributed by atoms with Crippen molar-refractivity contribution in [2.45, 2.75) is 29.4 Å². The number of hydrogen-bond donors (Lipinski definition) is 0. The van der Waals surface area contributed by atoms with Gasteiger partial charge in [-0.2, -0.15) is 0 Å². The predicted octanol–water partition coefficient (Wildman–Crippen LogP) is 12.4. The zero-order valence-electron chi connectivity index (χ0n) is 28.3. The lowest BCUT2D eigenvalue weighted by Gasteiger charge is -2.40. The largest absolute Gasteiger partial charge is 0.398 e. The number of halogens is 4. The topological polar surface area (TPSA) is 52.6 Å². The average Bonchev–Trinajstić information content (AvgIpc) is 3.24. The van der Waals surface area contributed by atoms with Crippen LogP contribution in [0.1, 0.15) is 20.7 Å². The molecule has 0 aliphatic heterocycles. The van der Waals surface area contributed by atoms with Crippen LogP contribution < -0.4 is 0 Å². The van der Waals surface area contributed by atoms with E-state index in [9.17, 15) is 9.59 Å². The van der Waals surface area contributed by atoms with E-state index in [0.29, 0.717) is 29.4 Å². The van der Waals surface area contributed by atoms with Crippen molar-refractivity contribution in [1.82, 2.24) is 0 Å². The zero-order valence-corrected chi connectivity index (χ0v) is 29.9.